The zero-order chi connectivity index (χ0) is 11.0. The van der Waals surface area contributed by atoms with Crippen LogP contribution in [0, 0.1) is 5.41 Å². The van der Waals surface area contributed by atoms with Gasteiger partial charge in [0.25, 0.3) is 0 Å². The van der Waals surface area contributed by atoms with Gasteiger partial charge in [0.15, 0.2) is 0 Å². The maximum atomic E-state index is 7.37. The Kier molecular flexibility index (Phi) is 2.91. The van der Waals surface area contributed by atoms with E-state index in [0.717, 1.165) is 20.5 Å². The summed E-state index contributed by atoms with van der Waals surface area (Å²) in [6.07, 6.45) is 0. The zero-order valence-corrected chi connectivity index (χ0v) is 10.2. The van der Waals surface area contributed by atoms with Gasteiger partial charge >= 0.3 is 0 Å². The van der Waals surface area contributed by atoms with Crippen LogP contribution >= 0.6 is 35.6 Å². The summed E-state index contributed by atoms with van der Waals surface area (Å²) in [5.74, 6) is 0.739. The Morgan fingerprint density at radius 1 is 1.47 bits per heavy atom. The topological polar surface area (TPSA) is 49.9 Å². The number of hydrogen-bond acceptors (Lipinski definition) is 3. The van der Waals surface area contributed by atoms with Crippen LogP contribution in [0.2, 0.25) is 5.02 Å². The van der Waals surface area contributed by atoms with Gasteiger partial charge in [0.05, 0.1) is 4.88 Å². The van der Waals surface area contributed by atoms with Crippen molar-refractivity contribution in [1.82, 2.24) is 0 Å². The summed E-state index contributed by atoms with van der Waals surface area (Å²) in [5, 5.41) is 9.02. The average Bonchev–Trinajstić information content (AvgIpc) is 2.61. The summed E-state index contributed by atoms with van der Waals surface area (Å²) in [5.41, 5.74) is 6.51. The number of nitrogen functional groups attached to an aromatic ring is 1. The van der Waals surface area contributed by atoms with Crippen LogP contribution in [0.3, 0.4) is 0 Å². The fraction of sp³-hybridized carbons (Fsp3) is 0.100. The lowest BCUT2D eigenvalue weighted by molar-refractivity contribution is 1.45. The average molecular weight is 257 g/mol. The number of nitrogens with two attached hydrogens (primary N) is 1. The van der Waals surface area contributed by atoms with Crippen molar-refractivity contribution in [3.63, 3.8) is 0 Å². The Morgan fingerprint density at radius 3 is 2.80 bits per heavy atom. The molecule has 0 aliphatic rings. The number of benzene rings is 1. The number of thiophene rings is 1. The van der Waals surface area contributed by atoms with Crippen molar-refractivity contribution in [3.05, 3.63) is 33.7 Å². The highest BCUT2D eigenvalue weighted by molar-refractivity contribution is 7.79. The van der Waals surface area contributed by atoms with Gasteiger partial charge < -0.3 is 5.73 Å². The van der Waals surface area contributed by atoms with E-state index in [-0.39, 0.29) is 5.84 Å². The van der Waals surface area contributed by atoms with Crippen LogP contribution in [0.4, 0.5) is 0 Å². The highest BCUT2D eigenvalue weighted by Crippen LogP contribution is 2.32. The van der Waals surface area contributed by atoms with Crippen LogP contribution in [0.5, 0.6) is 0 Å². The lowest BCUT2D eigenvalue weighted by atomic mass is 10.2. The molecule has 0 amide bonds. The predicted molar refractivity (Wildman–Crippen MR) is 70.5 cm³/mol. The standard InChI is InChI=1S/C10H9ClN2S2/c11-7-1-5(4-14)2-8-6(7)3-9(15-8)10(12)13/h1-3,14H,4H2,(H3,12,13). The molecule has 3 N–H and O–H groups in total. The van der Waals surface area contributed by atoms with Crippen LogP contribution in [0.15, 0.2) is 18.2 Å². The van der Waals surface area contributed by atoms with Crippen LogP contribution < -0.4 is 5.73 Å². The molecule has 0 fully saturated rings. The Bertz CT molecular complexity index is 533. The molecule has 0 atom stereocenters. The van der Waals surface area contributed by atoms with Gasteiger partial charge in [0.2, 0.25) is 0 Å². The number of rotatable bonds is 2. The van der Waals surface area contributed by atoms with E-state index in [1.165, 1.54) is 11.3 Å². The molecule has 15 heavy (non-hydrogen) atoms. The second-order valence-corrected chi connectivity index (χ2v) is 4.98. The molecule has 5 heteroatoms. The lowest BCUT2D eigenvalue weighted by Gasteiger charge is -1.98. The highest BCUT2D eigenvalue weighted by atomic mass is 35.5. The zero-order valence-electron chi connectivity index (χ0n) is 7.75. The van der Waals surface area contributed by atoms with E-state index >= 15 is 0 Å². The largest absolute Gasteiger partial charge is 0.383 e. The molecule has 0 saturated heterocycles. The smallest absolute Gasteiger partial charge is 0.133 e. The van der Waals surface area contributed by atoms with Crippen LogP contribution in [-0.4, -0.2) is 5.84 Å². The minimum absolute atomic E-state index is 0.0830. The Labute approximate surface area is 102 Å². The first-order valence-electron chi connectivity index (χ1n) is 4.29. The number of nitrogens with one attached hydrogen (secondary N) is 1. The normalized spacial score (nSPS) is 10.8. The van der Waals surface area contributed by atoms with Crippen molar-refractivity contribution in [2.75, 3.05) is 0 Å². The second-order valence-electron chi connectivity index (χ2n) is 3.17. The SMILES string of the molecule is N=C(N)c1cc2c(Cl)cc(CS)cc2s1. The second kappa shape index (κ2) is 4.04. The van der Waals surface area contributed by atoms with E-state index in [9.17, 15) is 0 Å². The molecular formula is C10H9ClN2S2. The summed E-state index contributed by atoms with van der Waals surface area (Å²) in [7, 11) is 0. The monoisotopic (exact) mass is 256 g/mol. The van der Waals surface area contributed by atoms with Gasteiger partial charge in [-0.25, -0.2) is 0 Å². The molecule has 78 valence electrons. The molecule has 0 aliphatic carbocycles. The van der Waals surface area contributed by atoms with Gasteiger partial charge in [0.1, 0.15) is 5.84 Å². The van der Waals surface area contributed by atoms with Crippen molar-refractivity contribution in [1.29, 1.82) is 5.41 Å². The quantitative estimate of drug-likeness (QED) is 0.431. The van der Waals surface area contributed by atoms with Gasteiger partial charge in [-0.3, -0.25) is 5.41 Å². The molecule has 1 heterocycles. The molecule has 0 aliphatic heterocycles. The number of amidine groups is 1. The third kappa shape index (κ3) is 1.97. The van der Waals surface area contributed by atoms with E-state index in [1.807, 2.05) is 18.2 Å². The number of halogens is 1. The Balaban J connectivity index is 2.69. The molecular weight excluding hydrogens is 248 g/mol. The third-order valence-electron chi connectivity index (χ3n) is 2.09. The first kappa shape index (κ1) is 10.8. The van der Waals surface area contributed by atoms with Gasteiger partial charge in [-0.05, 0) is 23.8 Å². The molecule has 2 rings (SSSR count). The fourth-order valence-electron chi connectivity index (χ4n) is 1.37. The first-order valence-corrected chi connectivity index (χ1v) is 6.11. The van der Waals surface area contributed by atoms with E-state index in [4.69, 9.17) is 22.7 Å². The molecule has 0 unspecified atom stereocenters. The molecule has 1 aromatic carbocycles. The molecule has 0 bridgehead atoms. The summed E-state index contributed by atoms with van der Waals surface area (Å²) in [4.78, 5) is 0.753. The molecule has 2 aromatic rings. The van der Waals surface area contributed by atoms with Crippen molar-refractivity contribution < 1.29 is 0 Å². The molecule has 0 radical (unpaired) electrons. The van der Waals surface area contributed by atoms with Gasteiger partial charge in [0, 0.05) is 20.9 Å². The van der Waals surface area contributed by atoms with Crippen molar-refractivity contribution in [2.24, 2.45) is 5.73 Å². The van der Waals surface area contributed by atoms with E-state index < -0.39 is 0 Å². The van der Waals surface area contributed by atoms with E-state index in [1.54, 1.807) is 0 Å². The summed E-state index contributed by atoms with van der Waals surface area (Å²) in [6, 6.07) is 5.78. The van der Waals surface area contributed by atoms with Crippen LogP contribution in [0.25, 0.3) is 10.1 Å². The third-order valence-corrected chi connectivity index (χ3v) is 3.89. The lowest BCUT2D eigenvalue weighted by Crippen LogP contribution is -2.08. The molecule has 0 saturated carbocycles. The van der Waals surface area contributed by atoms with Gasteiger partial charge in [-0.2, -0.15) is 12.6 Å². The molecule has 1 aromatic heterocycles. The summed E-state index contributed by atoms with van der Waals surface area (Å²) < 4.78 is 1.05. The van der Waals surface area contributed by atoms with E-state index in [0.29, 0.717) is 10.8 Å². The predicted octanol–water partition coefficient (Wildman–Crippen LogP) is 3.27. The van der Waals surface area contributed by atoms with Gasteiger partial charge in [-0.15, -0.1) is 11.3 Å². The number of fused-ring (bicyclic) bond motifs is 1. The maximum absolute atomic E-state index is 7.37. The van der Waals surface area contributed by atoms with Crippen molar-refractivity contribution >= 4 is 51.5 Å². The highest BCUT2D eigenvalue weighted by Gasteiger charge is 2.08. The van der Waals surface area contributed by atoms with E-state index in [2.05, 4.69) is 12.6 Å². The Morgan fingerprint density at radius 2 is 2.20 bits per heavy atom. The van der Waals surface area contributed by atoms with Gasteiger partial charge in [-0.1, -0.05) is 11.6 Å². The number of thiol groups is 1. The molecule has 2 nitrogen and oxygen atoms in total. The summed E-state index contributed by atoms with van der Waals surface area (Å²) in [6.45, 7) is 0. The number of hydrogen-bond donors (Lipinski definition) is 3. The Hall–Kier alpha value is -0.710. The molecule has 0 spiro atoms. The first-order chi connectivity index (χ1) is 7.11. The van der Waals surface area contributed by atoms with Crippen LogP contribution in [0.1, 0.15) is 10.4 Å². The fourth-order valence-corrected chi connectivity index (χ4v) is 2.92. The maximum Gasteiger partial charge on any atom is 0.133 e. The minimum atomic E-state index is 0.0830. The van der Waals surface area contributed by atoms with Crippen molar-refractivity contribution in [3.8, 4) is 0 Å². The van der Waals surface area contributed by atoms with Crippen molar-refractivity contribution in [2.45, 2.75) is 5.75 Å². The minimum Gasteiger partial charge on any atom is -0.383 e. The van der Waals surface area contributed by atoms with Crippen LogP contribution in [-0.2, 0) is 5.75 Å². The summed E-state index contributed by atoms with van der Waals surface area (Å²) >= 11 is 11.8.